The maximum absolute atomic E-state index is 13.0. The van der Waals surface area contributed by atoms with E-state index in [0.29, 0.717) is 11.1 Å². The predicted molar refractivity (Wildman–Crippen MR) is 110 cm³/mol. The van der Waals surface area contributed by atoms with Crippen molar-refractivity contribution in [3.05, 3.63) is 58.7 Å². The number of likely N-dealkylation sites (N-methyl/N-ethyl adjacent to an activating group) is 1. The van der Waals surface area contributed by atoms with Gasteiger partial charge in [-0.25, -0.2) is 8.42 Å². The van der Waals surface area contributed by atoms with Crippen LogP contribution in [-0.2, 0) is 14.8 Å². The van der Waals surface area contributed by atoms with Crippen molar-refractivity contribution in [3.63, 3.8) is 0 Å². The third kappa shape index (κ3) is 4.91. The van der Waals surface area contributed by atoms with Crippen molar-refractivity contribution in [2.45, 2.75) is 38.6 Å². The highest BCUT2D eigenvalue weighted by Crippen LogP contribution is 2.24. The summed E-state index contributed by atoms with van der Waals surface area (Å²) in [7, 11) is -0.752. The fourth-order valence-corrected chi connectivity index (χ4v) is 4.81. The molecule has 0 aliphatic rings. The molecule has 0 radical (unpaired) electrons. The van der Waals surface area contributed by atoms with Gasteiger partial charge in [0.15, 0.2) is 0 Å². The molecule has 152 valence electrons. The monoisotopic (exact) mass is 404 g/mol. The number of rotatable bonds is 7. The van der Waals surface area contributed by atoms with Crippen molar-refractivity contribution in [1.82, 2.24) is 9.62 Å². The molecule has 2 aromatic carbocycles. The summed E-state index contributed by atoms with van der Waals surface area (Å²) in [6, 6.07) is 10.8. The number of hydrogen-bond acceptors (Lipinski definition) is 4. The summed E-state index contributed by atoms with van der Waals surface area (Å²) in [5.74, 6) is 0.369. The lowest BCUT2D eigenvalue weighted by Crippen LogP contribution is -2.39. The quantitative estimate of drug-likeness (QED) is 0.769. The molecule has 6 nitrogen and oxygen atoms in total. The molecular formula is C21H28N2O4S. The molecule has 1 atom stereocenters. The molecule has 0 aliphatic carbocycles. The summed E-state index contributed by atoms with van der Waals surface area (Å²) in [5.41, 5.74) is 3.26. The Balaban J connectivity index is 2.10. The fraction of sp³-hybridized carbons (Fsp3) is 0.381. The van der Waals surface area contributed by atoms with Crippen molar-refractivity contribution in [2.75, 3.05) is 20.7 Å². The largest absolute Gasteiger partial charge is 0.497 e. The number of methoxy groups -OCH3 is 1. The SMILES string of the molecule is COc1ccc([C@@H](C)NC(=O)CN(C)S(=O)(=O)c2c(C)cc(C)cc2C)cc1. The molecule has 0 fully saturated rings. The first-order valence-electron chi connectivity index (χ1n) is 9.03. The molecule has 1 amide bonds. The molecule has 0 saturated heterocycles. The van der Waals surface area contributed by atoms with Crippen LogP contribution in [0, 0.1) is 20.8 Å². The Hall–Kier alpha value is -2.38. The van der Waals surface area contributed by atoms with Gasteiger partial charge in [-0.1, -0.05) is 29.8 Å². The molecule has 0 aromatic heterocycles. The van der Waals surface area contributed by atoms with Crippen LogP contribution in [0.1, 0.15) is 35.2 Å². The van der Waals surface area contributed by atoms with Crippen molar-refractivity contribution >= 4 is 15.9 Å². The summed E-state index contributed by atoms with van der Waals surface area (Å²) in [4.78, 5) is 12.7. The van der Waals surface area contributed by atoms with E-state index in [0.717, 1.165) is 21.2 Å². The van der Waals surface area contributed by atoms with Gasteiger partial charge >= 0.3 is 0 Å². The molecule has 2 aromatic rings. The standard InChI is InChI=1S/C21H28N2O4S/c1-14-11-15(2)21(16(3)12-14)28(25,26)23(5)13-20(24)22-17(4)18-7-9-19(27-6)10-8-18/h7-12,17H,13H2,1-6H3,(H,22,24)/t17-/m1/s1. The zero-order valence-electron chi connectivity index (χ0n) is 17.2. The Labute approximate surface area is 167 Å². The van der Waals surface area contributed by atoms with Gasteiger partial charge in [-0.05, 0) is 56.5 Å². The number of carbonyl (C=O) groups excluding carboxylic acids is 1. The van der Waals surface area contributed by atoms with E-state index >= 15 is 0 Å². The molecule has 0 saturated carbocycles. The third-order valence-corrected chi connectivity index (χ3v) is 6.74. The van der Waals surface area contributed by atoms with E-state index in [1.807, 2.05) is 50.2 Å². The second-order valence-corrected chi connectivity index (χ2v) is 9.03. The van der Waals surface area contributed by atoms with Crippen LogP contribution in [0.15, 0.2) is 41.3 Å². The number of sulfonamides is 1. The minimum absolute atomic E-state index is 0.252. The van der Waals surface area contributed by atoms with Gasteiger partial charge in [0.2, 0.25) is 15.9 Å². The minimum atomic E-state index is -3.77. The summed E-state index contributed by atoms with van der Waals surface area (Å²) < 4.78 is 32.2. The van der Waals surface area contributed by atoms with Gasteiger partial charge in [-0.2, -0.15) is 4.31 Å². The van der Waals surface area contributed by atoms with Crippen LogP contribution in [0.2, 0.25) is 0 Å². The zero-order valence-corrected chi connectivity index (χ0v) is 18.1. The number of carbonyl (C=O) groups is 1. The normalized spacial score (nSPS) is 12.7. The molecular weight excluding hydrogens is 376 g/mol. The van der Waals surface area contributed by atoms with E-state index in [1.165, 1.54) is 7.05 Å². The lowest BCUT2D eigenvalue weighted by Gasteiger charge is -2.21. The van der Waals surface area contributed by atoms with Gasteiger partial charge < -0.3 is 10.1 Å². The van der Waals surface area contributed by atoms with E-state index in [-0.39, 0.29) is 23.4 Å². The van der Waals surface area contributed by atoms with E-state index in [9.17, 15) is 13.2 Å². The summed E-state index contributed by atoms with van der Waals surface area (Å²) in [6.45, 7) is 7.06. The molecule has 7 heteroatoms. The molecule has 1 N–H and O–H groups in total. The summed E-state index contributed by atoms with van der Waals surface area (Å²) >= 11 is 0. The van der Waals surface area contributed by atoms with Crippen LogP contribution in [-0.4, -0.2) is 39.3 Å². The van der Waals surface area contributed by atoms with Gasteiger partial charge in [-0.3, -0.25) is 4.79 Å². The molecule has 0 aliphatic heterocycles. The lowest BCUT2D eigenvalue weighted by atomic mass is 10.1. The van der Waals surface area contributed by atoms with Crippen LogP contribution >= 0.6 is 0 Å². The number of ether oxygens (including phenoxy) is 1. The molecule has 0 unspecified atom stereocenters. The molecule has 28 heavy (non-hydrogen) atoms. The Bertz CT molecular complexity index is 930. The van der Waals surface area contributed by atoms with Crippen LogP contribution in [0.5, 0.6) is 5.75 Å². The number of nitrogens with zero attached hydrogens (tertiary/aromatic N) is 1. The smallest absolute Gasteiger partial charge is 0.243 e. The Kier molecular flexibility index (Phi) is 6.85. The Morgan fingerprint density at radius 1 is 1.11 bits per heavy atom. The van der Waals surface area contributed by atoms with Crippen molar-refractivity contribution in [3.8, 4) is 5.75 Å². The maximum atomic E-state index is 13.0. The van der Waals surface area contributed by atoms with Gasteiger partial charge in [0.05, 0.1) is 24.6 Å². The van der Waals surface area contributed by atoms with Crippen molar-refractivity contribution < 1.29 is 17.9 Å². The first kappa shape index (κ1) is 21.9. The average Bonchev–Trinajstić information content (AvgIpc) is 2.60. The number of hydrogen-bond donors (Lipinski definition) is 1. The summed E-state index contributed by atoms with van der Waals surface area (Å²) in [6.07, 6.45) is 0. The van der Waals surface area contributed by atoms with Crippen molar-refractivity contribution in [2.24, 2.45) is 0 Å². The zero-order chi connectivity index (χ0) is 21.1. The van der Waals surface area contributed by atoms with Gasteiger partial charge in [-0.15, -0.1) is 0 Å². The maximum Gasteiger partial charge on any atom is 0.243 e. The van der Waals surface area contributed by atoms with E-state index in [4.69, 9.17) is 4.74 Å². The van der Waals surface area contributed by atoms with Gasteiger partial charge in [0, 0.05) is 7.05 Å². The third-order valence-electron chi connectivity index (χ3n) is 4.63. The first-order chi connectivity index (χ1) is 13.1. The molecule has 0 bridgehead atoms. The topological polar surface area (TPSA) is 75.7 Å². The highest BCUT2D eigenvalue weighted by molar-refractivity contribution is 7.89. The van der Waals surface area contributed by atoms with Crippen LogP contribution < -0.4 is 10.1 Å². The second kappa shape index (κ2) is 8.75. The Morgan fingerprint density at radius 3 is 2.14 bits per heavy atom. The minimum Gasteiger partial charge on any atom is -0.497 e. The highest BCUT2D eigenvalue weighted by atomic mass is 32.2. The highest BCUT2D eigenvalue weighted by Gasteiger charge is 2.27. The van der Waals surface area contributed by atoms with Crippen LogP contribution in [0.3, 0.4) is 0 Å². The van der Waals surface area contributed by atoms with Crippen LogP contribution in [0.25, 0.3) is 0 Å². The lowest BCUT2D eigenvalue weighted by molar-refractivity contribution is -0.121. The second-order valence-electron chi connectivity index (χ2n) is 7.05. The van der Waals surface area contributed by atoms with E-state index in [2.05, 4.69) is 5.32 Å². The van der Waals surface area contributed by atoms with Gasteiger partial charge in [0.25, 0.3) is 0 Å². The predicted octanol–water partition coefficient (Wildman–Crippen LogP) is 3.12. The summed E-state index contributed by atoms with van der Waals surface area (Å²) in [5, 5.41) is 2.84. The molecule has 0 heterocycles. The fourth-order valence-electron chi connectivity index (χ4n) is 3.28. The van der Waals surface area contributed by atoms with Crippen LogP contribution in [0.4, 0.5) is 0 Å². The Morgan fingerprint density at radius 2 is 1.64 bits per heavy atom. The van der Waals surface area contributed by atoms with Gasteiger partial charge in [0.1, 0.15) is 5.75 Å². The number of nitrogens with one attached hydrogen (secondary N) is 1. The van der Waals surface area contributed by atoms with E-state index < -0.39 is 10.0 Å². The average molecular weight is 405 g/mol. The number of benzene rings is 2. The van der Waals surface area contributed by atoms with E-state index in [1.54, 1.807) is 21.0 Å². The number of amides is 1. The van der Waals surface area contributed by atoms with Crippen molar-refractivity contribution in [1.29, 1.82) is 0 Å². The molecule has 2 rings (SSSR count). The first-order valence-corrected chi connectivity index (χ1v) is 10.5. The molecule has 0 spiro atoms. The number of aryl methyl sites for hydroxylation is 3.